The highest BCUT2D eigenvalue weighted by molar-refractivity contribution is 7.13. The van der Waals surface area contributed by atoms with Crippen molar-refractivity contribution in [3.63, 3.8) is 0 Å². The van der Waals surface area contributed by atoms with Gasteiger partial charge in [0.2, 0.25) is 5.91 Å². The minimum Gasteiger partial charge on any atom is -0.353 e. The van der Waals surface area contributed by atoms with Gasteiger partial charge in [0.05, 0.1) is 28.1 Å². The first-order chi connectivity index (χ1) is 18.2. The zero-order valence-electron chi connectivity index (χ0n) is 21.0. The number of aromatic nitrogens is 6. The van der Waals surface area contributed by atoms with Crippen molar-refractivity contribution in [2.24, 2.45) is 5.41 Å². The maximum Gasteiger partial charge on any atom is 0.224 e. The third-order valence-corrected chi connectivity index (χ3v) is 6.95. The quantitative estimate of drug-likeness (QED) is 0.229. The minimum absolute atomic E-state index is 0.0555. The van der Waals surface area contributed by atoms with Gasteiger partial charge in [0.15, 0.2) is 10.8 Å². The van der Waals surface area contributed by atoms with Crippen molar-refractivity contribution in [1.82, 2.24) is 30.1 Å². The Hall–Kier alpha value is -4.44. The molecule has 0 saturated carbocycles. The average molecular weight is 526 g/mol. The van der Waals surface area contributed by atoms with E-state index in [4.69, 9.17) is 0 Å². The topological polar surface area (TPSA) is 112 Å². The molecule has 0 aliphatic carbocycles. The second-order valence-electron chi connectivity index (χ2n) is 10.3. The normalized spacial score (nSPS) is 11.9. The van der Waals surface area contributed by atoms with Crippen LogP contribution >= 0.6 is 11.3 Å². The van der Waals surface area contributed by atoms with E-state index in [1.807, 2.05) is 45.0 Å². The molecule has 8 nitrogen and oxygen atoms in total. The summed E-state index contributed by atoms with van der Waals surface area (Å²) in [5.74, 6) is -0.0555. The summed E-state index contributed by atoms with van der Waals surface area (Å²) in [5, 5.41) is 11.9. The van der Waals surface area contributed by atoms with Crippen LogP contribution in [0.5, 0.6) is 0 Å². The summed E-state index contributed by atoms with van der Waals surface area (Å²) >= 11 is 1.06. The fourth-order valence-corrected chi connectivity index (χ4v) is 5.18. The van der Waals surface area contributed by atoms with Crippen LogP contribution in [0.3, 0.4) is 0 Å². The number of hydrogen-bond acceptors (Lipinski definition) is 6. The van der Waals surface area contributed by atoms with Gasteiger partial charge in [-0.1, -0.05) is 20.8 Å². The molecule has 0 aliphatic rings. The van der Waals surface area contributed by atoms with Crippen molar-refractivity contribution in [3.05, 3.63) is 66.3 Å². The maximum atomic E-state index is 13.7. The van der Waals surface area contributed by atoms with Crippen LogP contribution in [-0.4, -0.2) is 36.0 Å². The lowest BCUT2D eigenvalue weighted by molar-refractivity contribution is -0.117. The van der Waals surface area contributed by atoms with Crippen LogP contribution in [0.4, 0.5) is 10.1 Å². The molecular weight excluding hydrogens is 501 g/mol. The lowest BCUT2D eigenvalue weighted by atomic mass is 9.92. The van der Waals surface area contributed by atoms with E-state index in [1.54, 1.807) is 30.9 Å². The third kappa shape index (κ3) is 4.66. The van der Waals surface area contributed by atoms with E-state index in [0.29, 0.717) is 29.1 Å². The van der Waals surface area contributed by atoms with Crippen LogP contribution in [0, 0.1) is 10.5 Å². The summed E-state index contributed by atoms with van der Waals surface area (Å²) in [7, 11) is 0. The average Bonchev–Trinajstić information content (AvgIpc) is 3.60. The fourth-order valence-electron chi connectivity index (χ4n) is 4.44. The SMILES string of the molecule is CC(C)(C)CC(=O)Nc1cncc(-c2cnc3[nH]nc(-c4cc5c(-c6ccc(F)s6)nccc5[nH]4)c3c2)c1. The molecular formula is C28H24FN7OS. The molecule has 6 aromatic heterocycles. The van der Waals surface area contributed by atoms with Gasteiger partial charge < -0.3 is 10.3 Å². The number of carbonyl (C=O) groups is 1. The molecule has 6 aromatic rings. The van der Waals surface area contributed by atoms with E-state index in [-0.39, 0.29) is 16.5 Å². The number of anilines is 1. The molecule has 38 heavy (non-hydrogen) atoms. The molecule has 1 amide bonds. The highest BCUT2D eigenvalue weighted by Crippen LogP contribution is 2.36. The van der Waals surface area contributed by atoms with Crippen molar-refractivity contribution in [2.45, 2.75) is 27.2 Å². The molecule has 0 saturated heterocycles. The van der Waals surface area contributed by atoms with E-state index in [0.717, 1.165) is 49.3 Å². The number of fused-ring (bicyclic) bond motifs is 2. The Morgan fingerprint density at radius 3 is 2.63 bits per heavy atom. The molecule has 0 fully saturated rings. The van der Waals surface area contributed by atoms with Gasteiger partial charge >= 0.3 is 0 Å². The number of nitrogens with zero attached hydrogens (tertiary/aromatic N) is 4. The van der Waals surface area contributed by atoms with Crippen LogP contribution in [-0.2, 0) is 4.79 Å². The minimum atomic E-state index is -0.251. The first-order valence-corrected chi connectivity index (χ1v) is 12.9. The summed E-state index contributed by atoms with van der Waals surface area (Å²) in [6.07, 6.45) is 7.24. The zero-order chi connectivity index (χ0) is 26.4. The molecule has 0 atom stereocenters. The van der Waals surface area contributed by atoms with Crippen molar-refractivity contribution in [1.29, 1.82) is 0 Å². The predicted octanol–water partition coefficient (Wildman–Crippen LogP) is 6.81. The van der Waals surface area contributed by atoms with Crippen LogP contribution in [0.1, 0.15) is 27.2 Å². The molecule has 10 heteroatoms. The Labute approximate surface area is 221 Å². The van der Waals surface area contributed by atoms with Crippen LogP contribution < -0.4 is 5.32 Å². The molecule has 0 spiro atoms. The number of aromatic amines is 2. The van der Waals surface area contributed by atoms with Crippen LogP contribution in [0.15, 0.2) is 61.2 Å². The lowest BCUT2D eigenvalue weighted by Gasteiger charge is -2.17. The summed E-state index contributed by atoms with van der Waals surface area (Å²) < 4.78 is 13.7. The summed E-state index contributed by atoms with van der Waals surface area (Å²) in [5.41, 5.74) is 5.91. The standard InChI is InChI=1S/C28H24FN7OS/c1-28(2,3)11-24(37)33-17-8-15(12-30-14-17)16-9-19-25(35-36-27(19)32-13-16)21-10-18-20(34-21)6-7-31-26(18)22-4-5-23(29)38-22/h4-10,12-14,34H,11H2,1-3H3,(H,33,37)(H,32,35,36). The first kappa shape index (κ1) is 23.9. The number of hydrogen-bond donors (Lipinski definition) is 3. The Morgan fingerprint density at radius 1 is 1.00 bits per heavy atom. The van der Waals surface area contributed by atoms with Crippen molar-refractivity contribution >= 4 is 44.9 Å². The van der Waals surface area contributed by atoms with Gasteiger partial charge in [-0.25, -0.2) is 4.98 Å². The van der Waals surface area contributed by atoms with Crippen molar-refractivity contribution in [2.75, 3.05) is 5.32 Å². The molecule has 6 rings (SSSR count). The highest BCUT2D eigenvalue weighted by Gasteiger charge is 2.18. The van der Waals surface area contributed by atoms with Gasteiger partial charge in [-0.15, -0.1) is 11.3 Å². The van der Waals surface area contributed by atoms with Gasteiger partial charge in [-0.05, 0) is 41.8 Å². The number of H-pyrrole nitrogens is 2. The Bertz CT molecular complexity index is 1810. The van der Waals surface area contributed by atoms with Gasteiger partial charge in [0, 0.05) is 52.4 Å². The second-order valence-corrected chi connectivity index (χ2v) is 11.4. The summed E-state index contributed by atoms with van der Waals surface area (Å²) in [6.45, 7) is 6.07. The van der Waals surface area contributed by atoms with Gasteiger partial charge in [-0.3, -0.25) is 19.9 Å². The smallest absolute Gasteiger partial charge is 0.224 e. The monoisotopic (exact) mass is 525 g/mol. The Balaban J connectivity index is 1.36. The van der Waals surface area contributed by atoms with Gasteiger partial charge in [0.25, 0.3) is 0 Å². The van der Waals surface area contributed by atoms with E-state index in [9.17, 15) is 9.18 Å². The predicted molar refractivity (Wildman–Crippen MR) is 148 cm³/mol. The summed E-state index contributed by atoms with van der Waals surface area (Å²) in [6, 6.07) is 10.9. The molecule has 0 bridgehead atoms. The number of halogens is 1. The molecule has 6 heterocycles. The number of amides is 1. The van der Waals surface area contributed by atoms with Crippen molar-refractivity contribution in [3.8, 4) is 33.1 Å². The molecule has 3 N–H and O–H groups in total. The molecule has 0 unspecified atom stereocenters. The van der Waals surface area contributed by atoms with Gasteiger partial charge in [0.1, 0.15) is 5.69 Å². The Kier molecular flexibility index (Phi) is 5.76. The number of thiophene rings is 1. The summed E-state index contributed by atoms with van der Waals surface area (Å²) in [4.78, 5) is 30.0. The van der Waals surface area contributed by atoms with Gasteiger partial charge in [-0.2, -0.15) is 9.49 Å². The fraction of sp³-hybridized carbons (Fsp3) is 0.179. The largest absolute Gasteiger partial charge is 0.353 e. The zero-order valence-corrected chi connectivity index (χ0v) is 21.8. The Morgan fingerprint density at radius 2 is 1.84 bits per heavy atom. The van der Waals surface area contributed by atoms with E-state index in [2.05, 4.69) is 35.5 Å². The van der Waals surface area contributed by atoms with Crippen molar-refractivity contribution < 1.29 is 9.18 Å². The number of carbonyl (C=O) groups excluding carboxylic acids is 1. The molecule has 0 aliphatic heterocycles. The number of nitrogens with one attached hydrogen (secondary N) is 3. The van der Waals surface area contributed by atoms with E-state index < -0.39 is 0 Å². The molecule has 0 aromatic carbocycles. The second kappa shape index (κ2) is 9.14. The number of pyridine rings is 3. The molecule has 190 valence electrons. The maximum absolute atomic E-state index is 13.7. The highest BCUT2D eigenvalue weighted by atomic mass is 32.1. The van der Waals surface area contributed by atoms with Crippen LogP contribution in [0.25, 0.3) is 55.0 Å². The lowest BCUT2D eigenvalue weighted by Crippen LogP contribution is -2.19. The van der Waals surface area contributed by atoms with E-state index >= 15 is 0 Å². The first-order valence-electron chi connectivity index (χ1n) is 12.1. The van der Waals surface area contributed by atoms with Crippen LogP contribution in [0.2, 0.25) is 0 Å². The number of rotatable bonds is 5. The third-order valence-electron chi connectivity index (χ3n) is 6.07. The van der Waals surface area contributed by atoms with E-state index in [1.165, 1.54) is 6.07 Å². The molecule has 0 radical (unpaired) electrons.